The van der Waals surface area contributed by atoms with Crippen molar-refractivity contribution in [3.05, 3.63) is 58.2 Å². The van der Waals surface area contributed by atoms with Crippen molar-refractivity contribution in [2.45, 2.75) is 25.7 Å². The fourth-order valence-electron chi connectivity index (χ4n) is 2.33. The minimum Gasteiger partial charge on any atom is -0.421 e. The van der Waals surface area contributed by atoms with Crippen molar-refractivity contribution in [1.82, 2.24) is 20.0 Å². The number of alkyl halides is 3. The van der Waals surface area contributed by atoms with Crippen LogP contribution in [0.4, 0.5) is 18.9 Å². The monoisotopic (exact) mass is 397 g/mol. The molecule has 3 aromatic rings. The van der Waals surface area contributed by atoms with E-state index in [0.29, 0.717) is 30.0 Å². The Kier molecular flexibility index (Phi) is 5.68. The molecule has 0 N–H and O–H groups in total. The second-order valence-electron chi connectivity index (χ2n) is 5.78. The van der Waals surface area contributed by atoms with Crippen LogP contribution in [0.25, 0.3) is 11.5 Å². The van der Waals surface area contributed by atoms with E-state index in [0.717, 1.165) is 6.20 Å². The van der Waals surface area contributed by atoms with Crippen molar-refractivity contribution in [1.29, 1.82) is 0 Å². The molecule has 0 atom stereocenters. The highest BCUT2D eigenvalue weighted by molar-refractivity contribution is 5.53. The van der Waals surface area contributed by atoms with Crippen molar-refractivity contribution < 1.29 is 27.2 Å². The van der Waals surface area contributed by atoms with Crippen molar-refractivity contribution in [3.8, 4) is 11.5 Å². The van der Waals surface area contributed by atoms with Crippen molar-refractivity contribution >= 4 is 5.69 Å². The minimum atomic E-state index is -4.38. The van der Waals surface area contributed by atoms with Crippen molar-refractivity contribution in [2.24, 2.45) is 0 Å². The van der Waals surface area contributed by atoms with Crippen LogP contribution in [0.15, 0.2) is 41.1 Å². The molecule has 0 fully saturated rings. The largest absolute Gasteiger partial charge is 0.421 e. The third-order valence-corrected chi connectivity index (χ3v) is 3.56. The third-order valence-electron chi connectivity index (χ3n) is 3.56. The van der Waals surface area contributed by atoms with Gasteiger partial charge in [0, 0.05) is 18.5 Å². The summed E-state index contributed by atoms with van der Waals surface area (Å²) >= 11 is 0. The molecule has 0 radical (unpaired) electrons. The average Bonchev–Trinajstić information content (AvgIpc) is 3.29. The van der Waals surface area contributed by atoms with Gasteiger partial charge in [-0.25, -0.2) is 0 Å². The summed E-state index contributed by atoms with van der Waals surface area (Å²) in [6, 6.07) is 6.56. The third kappa shape index (κ3) is 5.36. The Morgan fingerprint density at radius 1 is 1.29 bits per heavy atom. The molecule has 9 nitrogen and oxygen atoms in total. The van der Waals surface area contributed by atoms with Gasteiger partial charge in [-0.3, -0.25) is 14.8 Å². The van der Waals surface area contributed by atoms with Crippen LogP contribution in [-0.2, 0) is 24.3 Å². The van der Waals surface area contributed by atoms with Crippen LogP contribution in [0.2, 0.25) is 0 Å². The molecule has 28 heavy (non-hydrogen) atoms. The molecule has 2 heterocycles. The molecular formula is C16H14F3N5O4. The molecule has 0 spiro atoms. The summed E-state index contributed by atoms with van der Waals surface area (Å²) < 4.78 is 48.0. The smallest absolute Gasteiger partial charge is 0.411 e. The van der Waals surface area contributed by atoms with E-state index >= 15 is 0 Å². The van der Waals surface area contributed by atoms with Crippen LogP contribution >= 0.6 is 0 Å². The fourth-order valence-corrected chi connectivity index (χ4v) is 2.33. The molecule has 3 rings (SSSR count). The number of aromatic nitrogens is 4. The molecule has 0 unspecified atom stereocenters. The first-order chi connectivity index (χ1) is 13.3. The van der Waals surface area contributed by atoms with Gasteiger partial charge < -0.3 is 9.15 Å². The predicted molar refractivity (Wildman–Crippen MR) is 88.0 cm³/mol. The van der Waals surface area contributed by atoms with Gasteiger partial charge in [0.1, 0.15) is 19.0 Å². The standard InChI is InChI=1S/C16H14F3N5O4/c17-16(18,19)10-27-9-11-2-1-3-12(6-11)15-22-21-14(28-15)4-5-23-8-13(7-20-23)24(25)26/h1-3,6-8H,4-5,9-10H2. The van der Waals surface area contributed by atoms with Crippen molar-refractivity contribution in [3.63, 3.8) is 0 Å². The number of aryl methyl sites for hydroxylation is 2. The van der Waals surface area contributed by atoms with Gasteiger partial charge in [0.25, 0.3) is 0 Å². The zero-order valence-electron chi connectivity index (χ0n) is 14.3. The lowest BCUT2D eigenvalue weighted by Crippen LogP contribution is -2.16. The number of rotatable bonds is 8. The van der Waals surface area contributed by atoms with Gasteiger partial charge in [-0.2, -0.15) is 18.3 Å². The lowest BCUT2D eigenvalue weighted by molar-refractivity contribution is -0.385. The molecule has 0 saturated carbocycles. The Balaban J connectivity index is 1.60. The van der Waals surface area contributed by atoms with E-state index in [2.05, 4.69) is 20.0 Å². The number of benzene rings is 1. The zero-order chi connectivity index (χ0) is 20.1. The lowest BCUT2D eigenvalue weighted by atomic mass is 10.1. The first kappa shape index (κ1) is 19.5. The number of hydrogen-bond donors (Lipinski definition) is 0. The van der Waals surface area contributed by atoms with Crippen LogP contribution in [0.5, 0.6) is 0 Å². The summed E-state index contributed by atoms with van der Waals surface area (Å²) in [4.78, 5) is 10.1. The number of nitro groups is 1. The number of halogens is 3. The molecule has 0 aliphatic heterocycles. The fraction of sp³-hybridized carbons (Fsp3) is 0.312. The Hall–Kier alpha value is -3.28. The van der Waals surface area contributed by atoms with Crippen LogP contribution in [0.3, 0.4) is 0 Å². The summed E-state index contributed by atoms with van der Waals surface area (Å²) in [6.07, 6.45) is -1.64. The highest BCUT2D eigenvalue weighted by Gasteiger charge is 2.27. The molecule has 12 heteroatoms. The normalized spacial score (nSPS) is 11.7. The van der Waals surface area contributed by atoms with E-state index in [4.69, 9.17) is 4.42 Å². The van der Waals surface area contributed by atoms with Gasteiger partial charge in [-0.1, -0.05) is 12.1 Å². The van der Waals surface area contributed by atoms with E-state index in [1.807, 2.05) is 0 Å². The molecule has 0 aliphatic carbocycles. The Bertz CT molecular complexity index is 954. The van der Waals surface area contributed by atoms with Crippen molar-refractivity contribution in [2.75, 3.05) is 6.61 Å². The minimum absolute atomic E-state index is 0.115. The average molecular weight is 397 g/mol. The highest BCUT2D eigenvalue weighted by atomic mass is 19.4. The Labute approximate surface area is 155 Å². The molecular weight excluding hydrogens is 383 g/mol. The highest BCUT2D eigenvalue weighted by Crippen LogP contribution is 2.21. The first-order valence-corrected chi connectivity index (χ1v) is 8.03. The molecule has 0 aliphatic rings. The Morgan fingerprint density at radius 3 is 2.82 bits per heavy atom. The van der Waals surface area contributed by atoms with Gasteiger partial charge in [-0.15, -0.1) is 10.2 Å². The molecule has 0 bridgehead atoms. The summed E-state index contributed by atoms with van der Waals surface area (Å²) in [5, 5.41) is 22.3. The van der Waals surface area contributed by atoms with E-state index in [1.54, 1.807) is 24.3 Å². The van der Waals surface area contributed by atoms with Crippen LogP contribution in [0, 0.1) is 10.1 Å². The molecule has 0 amide bonds. The van der Waals surface area contributed by atoms with E-state index in [-0.39, 0.29) is 18.2 Å². The number of hydrogen-bond acceptors (Lipinski definition) is 7. The SMILES string of the molecule is O=[N+]([O-])c1cnn(CCc2nnc(-c3cccc(COCC(F)(F)F)c3)o2)c1. The predicted octanol–water partition coefficient (Wildman–Crippen LogP) is 3.16. The zero-order valence-corrected chi connectivity index (χ0v) is 14.3. The molecule has 1 aromatic carbocycles. The molecule has 0 saturated heterocycles. The van der Waals surface area contributed by atoms with Gasteiger partial charge in [0.2, 0.25) is 11.8 Å². The van der Waals surface area contributed by atoms with Gasteiger partial charge in [0.05, 0.1) is 11.5 Å². The quantitative estimate of drug-likeness (QED) is 0.424. The van der Waals surface area contributed by atoms with E-state index in [1.165, 1.54) is 10.9 Å². The summed E-state index contributed by atoms with van der Waals surface area (Å²) in [5.74, 6) is 0.506. The second kappa shape index (κ2) is 8.17. The van der Waals surface area contributed by atoms with E-state index < -0.39 is 17.7 Å². The van der Waals surface area contributed by atoms with Crippen LogP contribution in [0.1, 0.15) is 11.5 Å². The van der Waals surface area contributed by atoms with Gasteiger partial charge in [0.15, 0.2) is 0 Å². The van der Waals surface area contributed by atoms with Crippen LogP contribution < -0.4 is 0 Å². The lowest BCUT2D eigenvalue weighted by Gasteiger charge is -2.08. The second-order valence-corrected chi connectivity index (χ2v) is 5.78. The summed E-state index contributed by atoms with van der Waals surface area (Å²) in [5.41, 5.74) is 0.961. The van der Waals surface area contributed by atoms with Gasteiger partial charge in [-0.05, 0) is 17.7 Å². The van der Waals surface area contributed by atoms with Gasteiger partial charge >= 0.3 is 11.9 Å². The summed E-state index contributed by atoms with van der Waals surface area (Å²) in [7, 11) is 0. The number of ether oxygens (including phenoxy) is 1. The number of nitrogens with zero attached hydrogens (tertiary/aromatic N) is 5. The maximum absolute atomic E-state index is 12.1. The first-order valence-electron chi connectivity index (χ1n) is 8.03. The maximum Gasteiger partial charge on any atom is 0.411 e. The maximum atomic E-state index is 12.1. The summed E-state index contributed by atoms with van der Waals surface area (Å²) in [6.45, 7) is -1.22. The molecule has 2 aromatic heterocycles. The molecule has 148 valence electrons. The van der Waals surface area contributed by atoms with E-state index in [9.17, 15) is 23.3 Å². The Morgan fingerprint density at radius 2 is 2.11 bits per heavy atom. The topological polar surface area (TPSA) is 109 Å². The van der Waals surface area contributed by atoms with Crippen LogP contribution in [-0.4, -0.2) is 37.7 Å².